The number of benzene rings is 1. The molecular weight excluding hydrogens is 184 g/mol. The van der Waals surface area contributed by atoms with Crippen LogP contribution < -0.4 is 9.84 Å². The Morgan fingerprint density at radius 1 is 1.64 bits per heavy atom. The number of ether oxygens (including phenoxy) is 1. The molecule has 0 aromatic heterocycles. The van der Waals surface area contributed by atoms with Crippen molar-refractivity contribution in [2.75, 3.05) is 7.11 Å². The van der Waals surface area contributed by atoms with Gasteiger partial charge in [0.15, 0.2) is 0 Å². The van der Waals surface area contributed by atoms with Crippen LogP contribution in [-0.2, 0) is 4.79 Å². The van der Waals surface area contributed by atoms with Crippen molar-refractivity contribution < 1.29 is 19.7 Å². The van der Waals surface area contributed by atoms with Gasteiger partial charge in [0.2, 0.25) is 0 Å². The van der Waals surface area contributed by atoms with Crippen LogP contribution in [0.4, 0.5) is 0 Å². The number of aliphatic hydroxyl groups is 1. The molecular formula is C10H11O4-. The maximum absolute atomic E-state index is 10.2. The van der Waals surface area contributed by atoms with Crippen LogP contribution in [0.25, 0.3) is 0 Å². The molecule has 0 saturated carbocycles. The summed E-state index contributed by atoms with van der Waals surface area (Å²) in [5.74, 6) is -0.694. The second kappa shape index (κ2) is 4.62. The van der Waals surface area contributed by atoms with E-state index in [-0.39, 0.29) is 0 Å². The van der Waals surface area contributed by atoms with Gasteiger partial charge in [-0.15, -0.1) is 0 Å². The van der Waals surface area contributed by atoms with E-state index in [1.54, 1.807) is 24.3 Å². The Kier molecular flexibility index (Phi) is 3.48. The topological polar surface area (TPSA) is 69.6 Å². The summed E-state index contributed by atoms with van der Waals surface area (Å²) < 4.78 is 4.94. The molecule has 1 aromatic rings. The number of carbonyl (C=O) groups excluding carboxylic acids is 1. The lowest BCUT2D eigenvalue weighted by atomic mass is 10.1. The molecule has 0 saturated heterocycles. The summed E-state index contributed by atoms with van der Waals surface area (Å²) in [5, 5.41) is 19.7. The first-order valence-electron chi connectivity index (χ1n) is 4.15. The first-order valence-corrected chi connectivity index (χ1v) is 4.15. The van der Waals surface area contributed by atoms with Gasteiger partial charge >= 0.3 is 0 Å². The van der Waals surface area contributed by atoms with E-state index in [9.17, 15) is 15.0 Å². The molecule has 4 heteroatoms. The van der Waals surface area contributed by atoms with Crippen molar-refractivity contribution in [3.63, 3.8) is 0 Å². The summed E-state index contributed by atoms with van der Waals surface area (Å²) in [6, 6.07) is 6.63. The lowest BCUT2D eigenvalue weighted by Crippen LogP contribution is -2.24. The van der Waals surface area contributed by atoms with Gasteiger partial charge in [0.1, 0.15) is 5.75 Å². The number of carboxylic acid groups (broad SMARTS) is 1. The average molecular weight is 195 g/mol. The van der Waals surface area contributed by atoms with Crippen LogP contribution in [0.1, 0.15) is 18.1 Å². The summed E-state index contributed by atoms with van der Waals surface area (Å²) in [7, 11) is 1.50. The Hall–Kier alpha value is -1.55. The molecule has 14 heavy (non-hydrogen) atoms. The third-order valence-electron chi connectivity index (χ3n) is 1.84. The van der Waals surface area contributed by atoms with Crippen LogP contribution in [0.2, 0.25) is 0 Å². The lowest BCUT2D eigenvalue weighted by molar-refractivity contribution is -0.307. The predicted molar refractivity (Wildman–Crippen MR) is 47.6 cm³/mol. The fourth-order valence-electron chi connectivity index (χ4n) is 1.12. The monoisotopic (exact) mass is 195 g/mol. The number of hydrogen-bond donors (Lipinski definition) is 1. The Labute approximate surface area is 81.8 Å². The fourth-order valence-corrected chi connectivity index (χ4v) is 1.12. The highest BCUT2D eigenvalue weighted by atomic mass is 16.5. The number of aliphatic hydroxyl groups excluding tert-OH is 1. The Bertz CT molecular complexity index is 322. The molecule has 0 amide bonds. The summed E-state index contributed by atoms with van der Waals surface area (Å²) in [6.45, 7) is 0. The second-order valence-electron chi connectivity index (χ2n) is 2.87. The first kappa shape index (κ1) is 10.5. The highest BCUT2D eigenvalue weighted by Gasteiger charge is 2.08. The molecule has 1 atom stereocenters. The summed E-state index contributed by atoms with van der Waals surface area (Å²) in [5.41, 5.74) is 0.508. The van der Waals surface area contributed by atoms with Crippen LogP contribution in [0.5, 0.6) is 5.75 Å². The van der Waals surface area contributed by atoms with E-state index in [1.165, 1.54) is 7.11 Å². The third-order valence-corrected chi connectivity index (χ3v) is 1.84. The number of carbonyl (C=O) groups is 1. The van der Waals surface area contributed by atoms with Crippen LogP contribution in [-0.4, -0.2) is 18.2 Å². The molecule has 0 spiro atoms. The number of aliphatic carboxylic acids is 1. The fraction of sp³-hybridized carbons (Fsp3) is 0.300. The molecule has 0 heterocycles. The zero-order chi connectivity index (χ0) is 10.6. The molecule has 76 valence electrons. The van der Waals surface area contributed by atoms with E-state index in [0.717, 1.165) is 0 Å². The molecule has 0 radical (unpaired) electrons. The largest absolute Gasteiger partial charge is 0.550 e. The van der Waals surface area contributed by atoms with Crippen molar-refractivity contribution in [2.45, 2.75) is 12.5 Å². The van der Waals surface area contributed by atoms with E-state index < -0.39 is 18.5 Å². The smallest absolute Gasteiger partial charge is 0.119 e. The molecule has 4 nitrogen and oxygen atoms in total. The highest BCUT2D eigenvalue weighted by molar-refractivity contribution is 5.65. The molecule has 0 bridgehead atoms. The van der Waals surface area contributed by atoms with Gasteiger partial charge in [-0.2, -0.15) is 0 Å². The van der Waals surface area contributed by atoms with Crippen molar-refractivity contribution in [3.8, 4) is 5.75 Å². The van der Waals surface area contributed by atoms with Crippen molar-refractivity contribution in [2.24, 2.45) is 0 Å². The maximum atomic E-state index is 10.2. The Morgan fingerprint density at radius 3 is 2.93 bits per heavy atom. The SMILES string of the molecule is COc1cccc(C(O)CC(=O)[O-])c1. The number of rotatable bonds is 4. The third kappa shape index (κ3) is 2.74. The van der Waals surface area contributed by atoms with Crippen molar-refractivity contribution >= 4 is 5.97 Å². The van der Waals surface area contributed by atoms with Gasteiger partial charge < -0.3 is 19.7 Å². The zero-order valence-electron chi connectivity index (χ0n) is 7.77. The minimum atomic E-state index is -1.28. The number of methoxy groups -OCH3 is 1. The van der Waals surface area contributed by atoms with Gasteiger partial charge in [-0.05, 0) is 17.7 Å². The van der Waals surface area contributed by atoms with Gasteiger partial charge in [-0.1, -0.05) is 12.1 Å². The average Bonchev–Trinajstić information content (AvgIpc) is 2.17. The quantitative estimate of drug-likeness (QED) is 0.726. The second-order valence-corrected chi connectivity index (χ2v) is 2.87. The van der Waals surface area contributed by atoms with Gasteiger partial charge in [-0.3, -0.25) is 0 Å². The Balaban J connectivity index is 2.78. The van der Waals surface area contributed by atoms with Crippen LogP contribution in [0, 0.1) is 0 Å². The van der Waals surface area contributed by atoms with E-state index >= 15 is 0 Å². The highest BCUT2D eigenvalue weighted by Crippen LogP contribution is 2.20. The van der Waals surface area contributed by atoms with Gasteiger partial charge in [-0.25, -0.2) is 0 Å². The van der Waals surface area contributed by atoms with Crippen molar-refractivity contribution in [1.82, 2.24) is 0 Å². The zero-order valence-corrected chi connectivity index (χ0v) is 7.77. The number of hydrogen-bond acceptors (Lipinski definition) is 4. The molecule has 0 fully saturated rings. The Morgan fingerprint density at radius 2 is 2.36 bits per heavy atom. The molecule has 1 unspecified atom stereocenters. The number of carboxylic acids is 1. The normalized spacial score (nSPS) is 12.1. The van der Waals surface area contributed by atoms with E-state index in [4.69, 9.17) is 4.74 Å². The molecule has 1 rings (SSSR count). The standard InChI is InChI=1S/C10H12O4/c1-14-8-4-2-3-7(5-8)9(11)6-10(12)13/h2-5,9,11H,6H2,1H3,(H,12,13)/p-1. The molecule has 0 aliphatic rings. The van der Waals surface area contributed by atoms with Crippen LogP contribution in [0.3, 0.4) is 0 Å². The van der Waals surface area contributed by atoms with Crippen LogP contribution >= 0.6 is 0 Å². The summed E-state index contributed by atoms with van der Waals surface area (Å²) in [6.07, 6.45) is -1.46. The molecule has 1 aromatic carbocycles. The maximum Gasteiger partial charge on any atom is 0.119 e. The predicted octanol–water partition coefficient (Wildman–Crippen LogP) is -0.131. The first-order chi connectivity index (χ1) is 6.63. The van der Waals surface area contributed by atoms with E-state index in [2.05, 4.69) is 0 Å². The van der Waals surface area contributed by atoms with E-state index in [1.807, 2.05) is 0 Å². The summed E-state index contributed by atoms with van der Waals surface area (Å²) in [4.78, 5) is 10.2. The van der Waals surface area contributed by atoms with Gasteiger partial charge in [0, 0.05) is 12.4 Å². The molecule has 1 N–H and O–H groups in total. The van der Waals surface area contributed by atoms with Gasteiger partial charge in [0.05, 0.1) is 13.2 Å². The van der Waals surface area contributed by atoms with Crippen molar-refractivity contribution in [1.29, 1.82) is 0 Å². The minimum Gasteiger partial charge on any atom is -0.550 e. The molecule has 0 aliphatic carbocycles. The van der Waals surface area contributed by atoms with Crippen molar-refractivity contribution in [3.05, 3.63) is 29.8 Å². The minimum absolute atomic E-state index is 0.410. The van der Waals surface area contributed by atoms with E-state index in [0.29, 0.717) is 11.3 Å². The van der Waals surface area contributed by atoms with Gasteiger partial charge in [0.25, 0.3) is 0 Å². The summed E-state index contributed by atoms with van der Waals surface area (Å²) >= 11 is 0. The molecule has 0 aliphatic heterocycles. The van der Waals surface area contributed by atoms with Crippen LogP contribution in [0.15, 0.2) is 24.3 Å². The lowest BCUT2D eigenvalue weighted by Gasteiger charge is -2.12.